The Kier molecular flexibility index (Phi) is 5.01. The van der Waals surface area contributed by atoms with Gasteiger partial charge in [-0.3, -0.25) is 0 Å². The van der Waals surface area contributed by atoms with E-state index in [0.717, 1.165) is 43.5 Å². The monoisotopic (exact) mass is 292 g/mol. The van der Waals surface area contributed by atoms with E-state index in [0.29, 0.717) is 0 Å². The Morgan fingerprint density at radius 1 is 1.22 bits per heavy atom. The first-order chi connectivity index (χ1) is 7.73. The van der Waals surface area contributed by atoms with Crippen LogP contribution in [0.3, 0.4) is 0 Å². The van der Waals surface area contributed by atoms with Crippen molar-refractivity contribution in [3.8, 4) is 0 Å². The van der Waals surface area contributed by atoms with E-state index in [2.05, 4.69) is 5.32 Å². The zero-order chi connectivity index (χ0) is 11.2. The second kappa shape index (κ2) is 5.74. The Hall–Kier alpha value is -0.350. The highest BCUT2D eigenvalue weighted by Crippen LogP contribution is 2.50. The third-order valence-corrected chi connectivity index (χ3v) is 4.28. The maximum Gasteiger partial charge on any atom is 0.126 e. The molecule has 18 heavy (non-hydrogen) atoms. The Balaban J connectivity index is 0.000000810. The molecule has 1 atom stereocenters. The second-order valence-electron chi connectivity index (χ2n) is 5.07. The lowest BCUT2D eigenvalue weighted by Crippen LogP contribution is -2.42. The molecule has 2 nitrogen and oxygen atoms in total. The third-order valence-electron chi connectivity index (χ3n) is 4.28. The fourth-order valence-corrected chi connectivity index (χ4v) is 3.26. The highest BCUT2D eigenvalue weighted by Gasteiger charge is 2.45. The van der Waals surface area contributed by atoms with Gasteiger partial charge in [0.05, 0.1) is 0 Å². The number of nitrogens with two attached hydrogens (primary N) is 1. The fraction of sp³-hybridized carbons (Fsp3) is 0.538. The minimum absolute atomic E-state index is 0. The van der Waals surface area contributed by atoms with Crippen LogP contribution in [-0.4, -0.2) is 13.1 Å². The Morgan fingerprint density at radius 2 is 1.89 bits per heavy atom. The summed E-state index contributed by atoms with van der Waals surface area (Å²) in [5.74, 6) is -0.0802. The van der Waals surface area contributed by atoms with E-state index in [1.807, 2.05) is 6.07 Å². The summed E-state index contributed by atoms with van der Waals surface area (Å²) in [6.07, 6.45) is 2.93. The lowest BCUT2D eigenvalue weighted by Gasteiger charge is -2.37. The molecule has 0 radical (unpaired) electrons. The van der Waals surface area contributed by atoms with Crippen LogP contribution in [0.5, 0.6) is 0 Å². The maximum absolute atomic E-state index is 13.7. The molecule has 1 aromatic rings. The van der Waals surface area contributed by atoms with Crippen molar-refractivity contribution < 1.29 is 4.39 Å². The summed E-state index contributed by atoms with van der Waals surface area (Å²) in [6, 6.07) is 5.32. The van der Waals surface area contributed by atoms with Gasteiger partial charge in [0, 0.05) is 6.04 Å². The smallest absolute Gasteiger partial charge is 0.126 e. The zero-order valence-corrected chi connectivity index (χ0v) is 11.7. The predicted molar refractivity (Wildman–Crippen MR) is 76.1 cm³/mol. The molecule has 0 aromatic heterocycles. The average Bonchev–Trinajstić information content (AvgIpc) is 2.57. The summed E-state index contributed by atoms with van der Waals surface area (Å²) in [6.45, 7) is 2.01. The van der Waals surface area contributed by atoms with Gasteiger partial charge in [0.1, 0.15) is 5.82 Å². The van der Waals surface area contributed by atoms with Crippen LogP contribution in [0.4, 0.5) is 4.39 Å². The Bertz CT molecular complexity index is 419. The van der Waals surface area contributed by atoms with Gasteiger partial charge in [0.25, 0.3) is 0 Å². The van der Waals surface area contributed by atoms with E-state index >= 15 is 0 Å². The fourth-order valence-electron chi connectivity index (χ4n) is 3.26. The molecule has 1 spiro atoms. The first-order valence-electron chi connectivity index (χ1n) is 5.97. The van der Waals surface area contributed by atoms with Gasteiger partial charge in [0.2, 0.25) is 0 Å². The van der Waals surface area contributed by atoms with Gasteiger partial charge in [-0.1, -0.05) is 12.1 Å². The Morgan fingerprint density at radius 3 is 2.50 bits per heavy atom. The molecule has 1 saturated heterocycles. The third kappa shape index (κ3) is 2.25. The first-order valence-corrected chi connectivity index (χ1v) is 5.97. The van der Waals surface area contributed by atoms with Gasteiger partial charge in [0.15, 0.2) is 0 Å². The molecule has 1 fully saturated rings. The van der Waals surface area contributed by atoms with Gasteiger partial charge >= 0.3 is 0 Å². The predicted octanol–water partition coefficient (Wildman–Crippen LogP) is 2.60. The van der Waals surface area contributed by atoms with Crippen molar-refractivity contribution in [2.24, 2.45) is 11.1 Å². The molecule has 3 N–H and O–H groups in total. The highest BCUT2D eigenvalue weighted by molar-refractivity contribution is 5.85. The summed E-state index contributed by atoms with van der Waals surface area (Å²) >= 11 is 0. The van der Waals surface area contributed by atoms with E-state index in [-0.39, 0.29) is 42.1 Å². The van der Waals surface area contributed by atoms with Gasteiger partial charge in [-0.15, -0.1) is 24.8 Å². The van der Waals surface area contributed by atoms with E-state index in [4.69, 9.17) is 5.73 Å². The van der Waals surface area contributed by atoms with Gasteiger partial charge in [-0.2, -0.15) is 0 Å². The molecule has 5 heteroatoms. The SMILES string of the molecule is Cl.Cl.N[C@H]1c2cccc(F)c2CC12CCNCC2. The molecule has 0 unspecified atom stereocenters. The minimum atomic E-state index is -0.0802. The quantitative estimate of drug-likeness (QED) is 0.771. The molecule has 0 amide bonds. The molecule has 0 bridgehead atoms. The molecular formula is C13H19Cl2FN2. The van der Waals surface area contributed by atoms with Crippen LogP contribution in [-0.2, 0) is 6.42 Å². The van der Waals surface area contributed by atoms with Crippen LogP contribution in [0.1, 0.15) is 30.0 Å². The van der Waals surface area contributed by atoms with Crippen LogP contribution in [0.25, 0.3) is 0 Å². The first kappa shape index (κ1) is 15.7. The average molecular weight is 293 g/mol. The zero-order valence-electron chi connectivity index (χ0n) is 10.1. The normalized spacial score (nSPS) is 24.0. The number of nitrogens with one attached hydrogen (secondary N) is 1. The molecule has 1 aliphatic carbocycles. The van der Waals surface area contributed by atoms with Crippen LogP contribution in [0.2, 0.25) is 0 Å². The van der Waals surface area contributed by atoms with E-state index in [1.54, 1.807) is 12.1 Å². The molecule has 1 aliphatic heterocycles. The van der Waals surface area contributed by atoms with Crippen molar-refractivity contribution in [3.63, 3.8) is 0 Å². The standard InChI is InChI=1S/C13H17FN2.2ClH/c14-11-3-1-2-9-10(11)8-13(12(9)15)4-6-16-7-5-13;;/h1-3,12,16H,4-8,15H2;2*1H/t12-;;/m0../s1. The van der Waals surface area contributed by atoms with Crippen LogP contribution >= 0.6 is 24.8 Å². The van der Waals surface area contributed by atoms with Gasteiger partial charge in [-0.05, 0) is 55.0 Å². The number of piperidine rings is 1. The molecule has 2 aliphatic rings. The lowest BCUT2D eigenvalue weighted by atomic mass is 9.73. The topological polar surface area (TPSA) is 38.0 Å². The van der Waals surface area contributed by atoms with Crippen molar-refractivity contribution in [2.75, 3.05) is 13.1 Å². The van der Waals surface area contributed by atoms with E-state index < -0.39 is 0 Å². The summed E-state index contributed by atoms with van der Waals surface area (Å²) < 4.78 is 13.7. The van der Waals surface area contributed by atoms with Crippen LogP contribution in [0, 0.1) is 11.2 Å². The molecule has 1 heterocycles. The maximum atomic E-state index is 13.7. The van der Waals surface area contributed by atoms with Crippen molar-refractivity contribution in [2.45, 2.75) is 25.3 Å². The number of fused-ring (bicyclic) bond motifs is 1. The number of halogens is 3. The van der Waals surface area contributed by atoms with Gasteiger partial charge < -0.3 is 11.1 Å². The molecule has 0 saturated carbocycles. The van der Waals surface area contributed by atoms with Gasteiger partial charge in [-0.25, -0.2) is 4.39 Å². The second-order valence-corrected chi connectivity index (χ2v) is 5.07. The van der Waals surface area contributed by atoms with E-state index in [9.17, 15) is 4.39 Å². The molecule has 1 aromatic carbocycles. The summed E-state index contributed by atoms with van der Waals surface area (Å²) in [4.78, 5) is 0. The summed E-state index contributed by atoms with van der Waals surface area (Å²) in [7, 11) is 0. The minimum Gasteiger partial charge on any atom is -0.323 e. The molecule has 3 rings (SSSR count). The van der Waals surface area contributed by atoms with Crippen LogP contribution in [0.15, 0.2) is 18.2 Å². The number of rotatable bonds is 0. The van der Waals surface area contributed by atoms with Crippen LogP contribution < -0.4 is 11.1 Å². The largest absolute Gasteiger partial charge is 0.323 e. The highest BCUT2D eigenvalue weighted by atomic mass is 35.5. The van der Waals surface area contributed by atoms with E-state index in [1.165, 1.54) is 0 Å². The summed E-state index contributed by atoms with van der Waals surface area (Å²) in [5.41, 5.74) is 8.33. The molecule has 102 valence electrons. The summed E-state index contributed by atoms with van der Waals surface area (Å²) in [5, 5.41) is 3.35. The van der Waals surface area contributed by atoms with Crippen molar-refractivity contribution >= 4 is 24.8 Å². The molecular weight excluding hydrogens is 274 g/mol. The number of benzene rings is 1. The Labute approximate surface area is 119 Å². The van der Waals surface area contributed by atoms with Crippen molar-refractivity contribution in [1.29, 1.82) is 0 Å². The van der Waals surface area contributed by atoms with Crippen molar-refractivity contribution in [1.82, 2.24) is 5.32 Å². The number of hydrogen-bond donors (Lipinski definition) is 2. The van der Waals surface area contributed by atoms with Crippen molar-refractivity contribution in [3.05, 3.63) is 35.1 Å². The number of hydrogen-bond acceptors (Lipinski definition) is 2. The lowest BCUT2D eigenvalue weighted by molar-refractivity contribution is 0.173.